The molecular weight excluding hydrogens is 358 g/mol. The van der Waals surface area contributed by atoms with Crippen molar-refractivity contribution in [3.8, 4) is 11.5 Å². The van der Waals surface area contributed by atoms with Crippen molar-refractivity contribution in [3.05, 3.63) is 53.6 Å². The predicted molar refractivity (Wildman–Crippen MR) is 114 cm³/mol. The number of methoxy groups -OCH3 is 2. The molecule has 3 rings (SSSR count). The second-order valence-corrected chi connectivity index (χ2v) is 7.11. The highest BCUT2D eigenvalue weighted by atomic mass is 32.1. The minimum Gasteiger partial charge on any atom is -0.497 e. The lowest BCUT2D eigenvalue weighted by Gasteiger charge is -2.36. The van der Waals surface area contributed by atoms with Crippen LogP contribution in [0.5, 0.6) is 11.5 Å². The van der Waals surface area contributed by atoms with Gasteiger partial charge in [0.25, 0.3) is 0 Å². The molecule has 0 atom stereocenters. The average molecular weight is 386 g/mol. The third kappa shape index (κ3) is 5.11. The van der Waals surface area contributed by atoms with Crippen LogP contribution in [-0.2, 0) is 6.54 Å². The molecule has 0 spiro atoms. The van der Waals surface area contributed by atoms with Crippen LogP contribution in [0.2, 0.25) is 0 Å². The second-order valence-electron chi connectivity index (χ2n) is 6.72. The summed E-state index contributed by atoms with van der Waals surface area (Å²) >= 11 is 5.62. The van der Waals surface area contributed by atoms with Gasteiger partial charge in [0.2, 0.25) is 0 Å². The van der Waals surface area contributed by atoms with E-state index in [4.69, 9.17) is 21.7 Å². The Balaban J connectivity index is 1.55. The van der Waals surface area contributed by atoms with Crippen LogP contribution in [0.3, 0.4) is 0 Å². The highest BCUT2D eigenvalue weighted by molar-refractivity contribution is 7.80. The molecule has 0 amide bonds. The first-order valence-electron chi connectivity index (χ1n) is 9.15. The van der Waals surface area contributed by atoms with E-state index in [0.29, 0.717) is 0 Å². The summed E-state index contributed by atoms with van der Waals surface area (Å²) < 4.78 is 10.6. The van der Waals surface area contributed by atoms with Crippen LogP contribution in [0.4, 0.5) is 5.69 Å². The molecule has 1 fully saturated rings. The van der Waals surface area contributed by atoms with Crippen LogP contribution >= 0.6 is 12.2 Å². The molecule has 1 N–H and O–H groups in total. The van der Waals surface area contributed by atoms with Crippen molar-refractivity contribution in [2.75, 3.05) is 45.7 Å². The smallest absolute Gasteiger partial charge is 0.173 e. The Kier molecular flexibility index (Phi) is 6.53. The molecule has 0 saturated carbocycles. The van der Waals surface area contributed by atoms with Gasteiger partial charge in [-0.2, -0.15) is 0 Å². The standard InChI is InChI=1S/C21H27N3O2S/c1-16-6-4-5-7-17(16)15-23-8-10-24(11-9-23)21(27)22-18-12-19(25-2)14-20(13-18)26-3/h4-7,12-14H,8-11,15H2,1-3H3,(H,22,27). The molecule has 0 radical (unpaired) electrons. The first-order chi connectivity index (χ1) is 13.1. The molecule has 2 aromatic rings. The zero-order chi connectivity index (χ0) is 19.2. The fourth-order valence-corrected chi connectivity index (χ4v) is 3.52. The Labute approximate surface area is 166 Å². The fourth-order valence-electron chi connectivity index (χ4n) is 3.22. The van der Waals surface area contributed by atoms with Gasteiger partial charge < -0.3 is 19.7 Å². The third-order valence-electron chi connectivity index (χ3n) is 4.92. The lowest BCUT2D eigenvalue weighted by atomic mass is 10.1. The second kappa shape index (κ2) is 9.06. The molecule has 1 heterocycles. The molecule has 6 heteroatoms. The molecular formula is C21H27N3O2S. The summed E-state index contributed by atoms with van der Waals surface area (Å²) in [6.45, 7) is 6.99. The molecule has 0 aliphatic carbocycles. The number of thiocarbonyl (C=S) groups is 1. The summed E-state index contributed by atoms with van der Waals surface area (Å²) in [5.41, 5.74) is 3.62. The van der Waals surface area contributed by atoms with Crippen LogP contribution in [0.25, 0.3) is 0 Å². The van der Waals surface area contributed by atoms with Gasteiger partial charge in [0.05, 0.1) is 14.2 Å². The van der Waals surface area contributed by atoms with Gasteiger partial charge >= 0.3 is 0 Å². The number of hydrogen-bond donors (Lipinski definition) is 1. The van der Waals surface area contributed by atoms with E-state index in [0.717, 1.165) is 55.0 Å². The van der Waals surface area contributed by atoms with Gasteiger partial charge in [0.1, 0.15) is 11.5 Å². The molecule has 1 aliphatic rings. The Morgan fingerprint density at radius 2 is 1.63 bits per heavy atom. The Hall–Kier alpha value is -2.31. The number of ether oxygens (including phenoxy) is 2. The predicted octanol–water partition coefficient (Wildman–Crippen LogP) is 3.53. The molecule has 0 bridgehead atoms. The Morgan fingerprint density at radius 3 is 2.22 bits per heavy atom. The van der Waals surface area contributed by atoms with Crippen LogP contribution < -0.4 is 14.8 Å². The fraction of sp³-hybridized carbons (Fsp3) is 0.381. The highest BCUT2D eigenvalue weighted by Crippen LogP contribution is 2.26. The highest BCUT2D eigenvalue weighted by Gasteiger charge is 2.19. The Bertz CT molecular complexity index is 766. The van der Waals surface area contributed by atoms with E-state index < -0.39 is 0 Å². The monoisotopic (exact) mass is 385 g/mol. The zero-order valence-electron chi connectivity index (χ0n) is 16.2. The van der Waals surface area contributed by atoms with Crippen molar-refractivity contribution in [1.29, 1.82) is 0 Å². The lowest BCUT2D eigenvalue weighted by Crippen LogP contribution is -2.49. The van der Waals surface area contributed by atoms with E-state index in [1.54, 1.807) is 14.2 Å². The summed E-state index contributed by atoms with van der Waals surface area (Å²) in [7, 11) is 3.29. The van der Waals surface area contributed by atoms with Crippen LogP contribution in [0.1, 0.15) is 11.1 Å². The summed E-state index contributed by atoms with van der Waals surface area (Å²) in [5.74, 6) is 1.48. The number of aryl methyl sites for hydroxylation is 1. The molecule has 0 unspecified atom stereocenters. The van der Waals surface area contributed by atoms with E-state index in [9.17, 15) is 0 Å². The maximum atomic E-state index is 5.62. The minimum atomic E-state index is 0.737. The lowest BCUT2D eigenvalue weighted by molar-refractivity contribution is 0.176. The first kappa shape index (κ1) is 19.5. The topological polar surface area (TPSA) is 37.0 Å². The van der Waals surface area contributed by atoms with Crippen molar-refractivity contribution < 1.29 is 9.47 Å². The molecule has 1 aliphatic heterocycles. The van der Waals surface area contributed by atoms with Gasteiger partial charge in [-0.15, -0.1) is 0 Å². The van der Waals surface area contributed by atoms with Gasteiger partial charge in [-0.05, 0) is 30.3 Å². The number of nitrogens with zero attached hydrogens (tertiary/aromatic N) is 2. The van der Waals surface area contributed by atoms with Crippen LogP contribution in [0.15, 0.2) is 42.5 Å². The number of nitrogens with one attached hydrogen (secondary N) is 1. The largest absolute Gasteiger partial charge is 0.497 e. The van der Waals surface area contributed by atoms with E-state index in [1.165, 1.54) is 11.1 Å². The molecule has 144 valence electrons. The van der Waals surface area contributed by atoms with E-state index >= 15 is 0 Å². The Morgan fingerprint density at radius 1 is 1.00 bits per heavy atom. The van der Waals surface area contributed by atoms with Gasteiger partial charge in [0.15, 0.2) is 5.11 Å². The molecule has 2 aromatic carbocycles. The molecule has 27 heavy (non-hydrogen) atoms. The summed E-state index contributed by atoms with van der Waals surface area (Å²) in [5, 5.41) is 4.05. The third-order valence-corrected chi connectivity index (χ3v) is 5.28. The summed E-state index contributed by atoms with van der Waals surface area (Å²) in [4.78, 5) is 4.70. The summed E-state index contributed by atoms with van der Waals surface area (Å²) in [6.07, 6.45) is 0. The van der Waals surface area contributed by atoms with E-state index in [1.807, 2.05) is 18.2 Å². The van der Waals surface area contributed by atoms with Gasteiger partial charge in [-0.3, -0.25) is 4.90 Å². The van der Waals surface area contributed by atoms with Crippen LogP contribution in [0, 0.1) is 6.92 Å². The van der Waals surface area contributed by atoms with Crippen molar-refractivity contribution in [2.24, 2.45) is 0 Å². The number of anilines is 1. The van der Waals surface area contributed by atoms with Crippen molar-refractivity contribution >= 4 is 23.0 Å². The van der Waals surface area contributed by atoms with Gasteiger partial charge in [-0.1, -0.05) is 24.3 Å². The SMILES string of the molecule is COc1cc(NC(=S)N2CCN(Cc3ccccc3C)CC2)cc(OC)c1. The summed E-state index contributed by atoms with van der Waals surface area (Å²) in [6, 6.07) is 14.3. The number of piperazine rings is 1. The normalized spacial score (nSPS) is 14.7. The minimum absolute atomic E-state index is 0.737. The number of benzene rings is 2. The van der Waals surface area contributed by atoms with Crippen molar-refractivity contribution in [3.63, 3.8) is 0 Å². The van der Waals surface area contributed by atoms with Crippen molar-refractivity contribution in [1.82, 2.24) is 9.80 Å². The average Bonchev–Trinajstić information content (AvgIpc) is 2.70. The van der Waals surface area contributed by atoms with E-state index in [-0.39, 0.29) is 0 Å². The van der Waals surface area contributed by atoms with Gasteiger partial charge in [0, 0.05) is 56.6 Å². The molecule has 0 aromatic heterocycles. The number of hydrogen-bond acceptors (Lipinski definition) is 4. The number of rotatable bonds is 5. The molecule has 1 saturated heterocycles. The van der Waals surface area contributed by atoms with E-state index in [2.05, 4.69) is 46.3 Å². The maximum Gasteiger partial charge on any atom is 0.173 e. The van der Waals surface area contributed by atoms with Gasteiger partial charge in [-0.25, -0.2) is 0 Å². The zero-order valence-corrected chi connectivity index (χ0v) is 17.0. The van der Waals surface area contributed by atoms with Crippen molar-refractivity contribution in [2.45, 2.75) is 13.5 Å². The maximum absolute atomic E-state index is 5.62. The molecule has 5 nitrogen and oxygen atoms in total. The van der Waals surface area contributed by atoms with Crippen LogP contribution in [-0.4, -0.2) is 55.3 Å². The first-order valence-corrected chi connectivity index (χ1v) is 9.55. The quantitative estimate of drug-likeness (QED) is 0.794.